The molecule has 36 heavy (non-hydrogen) atoms. The topological polar surface area (TPSA) is 69.0 Å². The zero-order valence-electron chi connectivity index (χ0n) is 20.3. The van der Waals surface area contributed by atoms with Crippen molar-refractivity contribution in [1.29, 1.82) is 0 Å². The molecule has 0 aliphatic carbocycles. The number of benzene rings is 3. The van der Waals surface area contributed by atoms with Gasteiger partial charge in [-0.2, -0.15) is 0 Å². The maximum atomic E-state index is 13.7. The Balaban J connectivity index is 1.68. The molecule has 0 N–H and O–H groups in total. The lowest BCUT2D eigenvalue weighted by Crippen LogP contribution is -2.29. The predicted molar refractivity (Wildman–Crippen MR) is 141 cm³/mol. The molecule has 4 aromatic rings. The van der Waals surface area contributed by atoms with E-state index < -0.39 is 11.9 Å². The molecule has 1 atom stereocenters. The molecule has 6 nitrogen and oxygen atoms in total. The third-order valence-corrected chi connectivity index (χ3v) is 6.56. The van der Waals surface area contributed by atoms with Gasteiger partial charge in [-0.15, -0.1) is 0 Å². The summed E-state index contributed by atoms with van der Waals surface area (Å²) in [5, 5.41) is 0.897. The van der Waals surface area contributed by atoms with Gasteiger partial charge in [-0.05, 0) is 60.4 Å². The van der Waals surface area contributed by atoms with E-state index in [0.29, 0.717) is 51.3 Å². The number of hydrogen-bond acceptors (Lipinski definition) is 5. The van der Waals surface area contributed by atoms with Crippen LogP contribution in [0.15, 0.2) is 75.9 Å². The van der Waals surface area contributed by atoms with Crippen LogP contribution in [0.2, 0.25) is 5.02 Å². The average molecular weight is 504 g/mol. The Bertz CT molecular complexity index is 1510. The number of para-hydroxylation sites is 1. The summed E-state index contributed by atoms with van der Waals surface area (Å²) in [6, 6.07) is 18.7. The molecule has 1 aromatic heterocycles. The minimum atomic E-state index is -0.731. The summed E-state index contributed by atoms with van der Waals surface area (Å²) in [5.41, 5.74) is 1.66. The Labute approximate surface area is 214 Å². The fraction of sp³-hybridized carbons (Fsp3) is 0.241. The number of carbonyl (C=O) groups excluding carboxylic acids is 1. The number of methoxy groups -OCH3 is 1. The highest BCUT2D eigenvalue weighted by Gasteiger charge is 2.44. The van der Waals surface area contributed by atoms with E-state index in [2.05, 4.69) is 13.8 Å². The van der Waals surface area contributed by atoms with E-state index in [-0.39, 0.29) is 16.8 Å². The van der Waals surface area contributed by atoms with Crippen molar-refractivity contribution in [3.05, 3.63) is 98.9 Å². The lowest BCUT2D eigenvalue weighted by atomic mass is 9.97. The molecular weight excluding hydrogens is 478 g/mol. The van der Waals surface area contributed by atoms with E-state index in [1.807, 2.05) is 18.2 Å². The van der Waals surface area contributed by atoms with Crippen molar-refractivity contribution in [2.45, 2.75) is 26.3 Å². The standard InChI is InChI=1S/C29H26ClNO5/c1-17(2)13-14-35-23-12-11-18(15-24(23)34-3)26-25-27(32)21-9-4-5-10-22(21)36-28(25)29(33)31(26)20-8-6-7-19(30)16-20/h4-12,15-17,26H,13-14H2,1-3H3. The number of ether oxygens (including phenoxy) is 2. The highest BCUT2D eigenvalue weighted by molar-refractivity contribution is 6.31. The number of nitrogens with zero attached hydrogens (tertiary/aromatic N) is 1. The molecule has 7 heteroatoms. The number of hydrogen-bond donors (Lipinski definition) is 0. The molecule has 0 saturated carbocycles. The second kappa shape index (κ2) is 9.70. The largest absolute Gasteiger partial charge is 0.493 e. The number of anilines is 1. The first-order valence-corrected chi connectivity index (χ1v) is 12.2. The van der Waals surface area contributed by atoms with Crippen molar-refractivity contribution in [2.75, 3.05) is 18.6 Å². The van der Waals surface area contributed by atoms with Gasteiger partial charge >= 0.3 is 0 Å². The molecule has 1 amide bonds. The lowest BCUT2D eigenvalue weighted by molar-refractivity contribution is 0.0971. The van der Waals surface area contributed by atoms with Crippen LogP contribution in [0.3, 0.4) is 0 Å². The molecule has 0 fully saturated rings. The second-order valence-corrected chi connectivity index (χ2v) is 9.61. The molecular formula is C29H26ClNO5. The van der Waals surface area contributed by atoms with E-state index in [1.54, 1.807) is 60.5 Å². The molecule has 0 saturated heterocycles. The van der Waals surface area contributed by atoms with E-state index >= 15 is 0 Å². The van der Waals surface area contributed by atoms with Crippen molar-refractivity contribution in [3.8, 4) is 11.5 Å². The molecule has 184 valence electrons. The molecule has 1 aliphatic heterocycles. The number of halogens is 1. The molecule has 1 aliphatic rings. The molecule has 2 heterocycles. The molecule has 1 unspecified atom stereocenters. The number of rotatable bonds is 7. The van der Waals surface area contributed by atoms with Crippen molar-refractivity contribution in [2.24, 2.45) is 5.92 Å². The average Bonchev–Trinajstić information content (AvgIpc) is 3.16. The molecule has 3 aromatic carbocycles. The Hall–Kier alpha value is -3.77. The molecule has 0 spiro atoms. The van der Waals surface area contributed by atoms with Crippen LogP contribution in [0.4, 0.5) is 5.69 Å². The highest BCUT2D eigenvalue weighted by Crippen LogP contribution is 2.43. The minimum Gasteiger partial charge on any atom is -0.493 e. The summed E-state index contributed by atoms with van der Waals surface area (Å²) in [6.45, 7) is 4.83. The van der Waals surface area contributed by atoms with Crippen molar-refractivity contribution in [1.82, 2.24) is 0 Å². The fourth-order valence-electron chi connectivity index (χ4n) is 4.51. The Morgan fingerprint density at radius 2 is 1.81 bits per heavy atom. The summed E-state index contributed by atoms with van der Waals surface area (Å²) in [7, 11) is 1.57. The Morgan fingerprint density at radius 1 is 1.00 bits per heavy atom. The minimum absolute atomic E-state index is 0.0277. The Kier molecular flexibility index (Phi) is 6.46. The van der Waals surface area contributed by atoms with E-state index in [4.69, 9.17) is 25.5 Å². The van der Waals surface area contributed by atoms with Gasteiger partial charge in [-0.3, -0.25) is 14.5 Å². The van der Waals surface area contributed by atoms with Gasteiger partial charge in [0.25, 0.3) is 5.91 Å². The lowest BCUT2D eigenvalue weighted by Gasteiger charge is -2.26. The number of carbonyl (C=O) groups is 1. The van der Waals surface area contributed by atoms with Gasteiger partial charge < -0.3 is 13.9 Å². The van der Waals surface area contributed by atoms with Gasteiger partial charge in [0.2, 0.25) is 5.76 Å². The smallest absolute Gasteiger partial charge is 0.295 e. The van der Waals surface area contributed by atoms with E-state index in [0.717, 1.165) is 6.42 Å². The van der Waals surface area contributed by atoms with Crippen LogP contribution >= 0.6 is 11.6 Å². The third-order valence-electron chi connectivity index (χ3n) is 6.32. The quantitative estimate of drug-likeness (QED) is 0.283. The maximum Gasteiger partial charge on any atom is 0.295 e. The van der Waals surface area contributed by atoms with Crippen LogP contribution in [0.5, 0.6) is 11.5 Å². The van der Waals surface area contributed by atoms with Crippen LogP contribution < -0.4 is 19.8 Å². The number of fused-ring (bicyclic) bond motifs is 2. The van der Waals surface area contributed by atoms with Crippen molar-refractivity contribution < 1.29 is 18.7 Å². The van der Waals surface area contributed by atoms with Gasteiger partial charge in [0.15, 0.2) is 16.9 Å². The summed E-state index contributed by atoms with van der Waals surface area (Å²) in [5.74, 6) is 1.26. The zero-order valence-corrected chi connectivity index (χ0v) is 21.0. The highest BCUT2D eigenvalue weighted by atomic mass is 35.5. The molecule has 0 radical (unpaired) electrons. The zero-order chi connectivity index (χ0) is 25.4. The monoisotopic (exact) mass is 503 g/mol. The Morgan fingerprint density at radius 3 is 2.56 bits per heavy atom. The third kappa shape index (κ3) is 4.22. The van der Waals surface area contributed by atoms with Crippen LogP contribution in [0.1, 0.15) is 48.0 Å². The second-order valence-electron chi connectivity index (χ2n) is 9.17. The SMILES string of the molecule is COc1cc(C2c3c(oc4ccccc4c3=O)C(=O)N2c2cccc(Cl)c2)ccc1OCCC(C)C. The fourth-order valence-corrected chi connectivity index (χ4v) is 4.69. The molecule has 5 rings (SSSR count). The first-order valence-electron chi connectivity index (χ1n) is 11.8. The van der Waals surface area contributed by atoms with Gasteiger partial charge in [-0.1, -0.05) is 49.7 Å². The normalized spacial score (nSPS) is 15.0. The van der Waals surface area contributed by atoms with Crippen molar-refractivity contribution in [3.63, 3.8) is 0 Å². The van der Waals surface area contributed by atoms with Gasteiger partial charge in [-0.25, -0.2) is 0 Å². The van der Waals surface area contributed by atoms with Gasteiger partial charge in [0.05, 0.1) is 30.7 Å². The molecule has 0 bridgehead atoms. The van der Waals surface area contributed by atoms with Crippen LogP contribution in [-0.4, -0.2) is 19.6 Å². The summed E-state index contributed by atoms with van der Waals surface area (Å²) in [6.07, 6.45) is 0.909. The van der Waals surface area contributed by atoms with E-state index in [1.165, 1.54) is 0 Å². The van der Waals surface area contributed by atoms with Gasteiger partial charge in [0, 0.05) is 10.7 Å². The van der Waals surface area contributed by atoms with Gasteiger partial charge in [0.1, 0.15) is 5.58 Å². The summed E-state index contributed by atoms with van der Waals surface area (Å²) in [4.78, 5) is 29.0. The maximum absolute atomic E-state index is 13.7. The first-order chi connectivity index (χ1) is 17.4. The van der Waals surface area contributed by atoms with Crippen molar-refractivity contribution >= 4 is 34.2 Å². The van der Waals surface area contributed by atoms with Crippen LogP contribution in [0.25, 0.3) is 11.0 Å². The predicted octanol–water partition coefficient (Wildman–Crippen LogP) is 6.63. The summed E-state index contributed by atoms with van der Waals surface area (Å²) < 4.78 is 17.6. The first kappa shape index (κ1) is 23.9. The number of amides is 1. The van der Waals surface area contributed by atoms with E-state index in [9.17, 15) is 9.59 Å². The van der Waals surface area contributed by atoms with Crippen LogP contribution in [0, 0.1) is 5.92 Å². The van der Waals surface area contributed by atoms with Crippen LogP contribution in [-0.2, 0) is 0 Å². The summed E-state index contributed by atoms with van der Waals surface area (Å²) >= 11 is 6.27.